The van der Waals surface area contributed by atoms with Crippen molar-refractivity contribution in [3.63, 3.8) is 0 Å². The number of hydrogen-bond acceptors (Lipinski definition) is 2. The Morgan fingerprint density at radius 2 is 1.75 bits per heavy atom. The van der Waals surface area contributed by atoms with E-state index in [-0.39, 0.29) is 30.3 Å². The van der Waals surface area contributed by atoms with Gasteiger partial charge in [-0.15, -0.1) is 0 Å². The van der Waals surface area contributed by atoms with E-state index in [1.54, 1.807) is 0 Å². The van der Waals surface area contributed by atoms with E-state index in [1.165, 1.54) is 17.5 Å². The number of carbonyl (C=O) groups is 2. The van der Waals surface area contributed by atoms with E-state index in [0.717, 1.165) is 45.1 Å². The standard InChI is InChI=1S/C20H28N2O2/c1-15-9-11-16(12-10-15)18-8-5-13-22(18)19(23)14-21-20(24)17-6-3-2-4-7-17/h9-12,17-18H,2-8,13-14H2,1H3,(H,21,24)/t18-/m1/s1. The Bertz CT molecular complexity index is 576. The number of hydrogen-bond donors (Lipinski definition) is 1. The van der Waals surface area contributed by atoms with E-state index in [4.69, 9.17) is 0 Å². The average molecular weight is 328 g/mol. The van der Waals surface area contributed by atoms with E-state index < -0.39 is 0 Å². The van der Waals surface area contributed by atoms with Gasteiger partial charge in [-0.2, -0.15) is 0 Å². The molecule has 0 aromatic heterocycles. The molecular formula is C20H28N2O2. The van der Waals surface area contributed by atoms with E-state index >= 15 is 0 Å². The fraction of sp³-hybridized carbons (Fsp3) is 0.600. The van der Waals surface area contributed by atoms with Gasteiger partial charge in [0.05, 0.1) is 12.6 Å². The van der Waals surface area contributed by atoms with Crippen LogP contribution in [0, 0.1) is 12.8 Å². The molecule has 2 fully saturated rings. The molecule has 1 aliphatic heterocycles. The van der Waals surface area contributed by atoms with Gasteiger partial charge in [0.15, 0.2) is 0 Å². The Balaban J connectivity index is 1.55. The van der Waals surface area contributed by atoms with Crippen molar-refractivity contribution < 1.29 is 9.59 Å². The van der Waals surface area contributed by atoms with Crippen molar-refractivity contribution >= 4 is 11.8 Å². The molecule has 130 valence electrons. The van der Waals surface area contributed by atoms with Crippen molar-refractivity contribution in [3.05, 3.63) is 35.4 Å². The third-order valence-electron chi connectivity index (χ3n) is 5.43. The number of amides is 2. The van der Waals surface area contributed by atoms with Crippen LogP contribution < -0.4 is 5.32 Å². The number of likely N-dealkylation sites (tertiary alicyclic amines) is 1. The fourth-order valence-corrected chi connectivity index (χ4v) is 3.97. The lowest BCUT2D eigenvalue weighted by atomic mass is 9.89. The number of nitrogens with zero attached hydrogens (tertiary/aromatic N) is 1. The molecule has 1 N–H and O–H groups in total. The van der Waals surface area contributed by atoms with Crippen LogP contribution in [-0.2, 0) is 9.59 Å². The molecule has 24 heavy (non-hydrogen) atoms. The van der Waals surface area contributed by atoms with Crippen LogP contribution in [0.5, 0.6) is 0 Å². The van der Waals surface area contributed by atoms with Gasteiger partial charge >= 0.3 is 0 Å². The second kappa shape index (κ2) is 7.82. The summed E-state index contributed by atoms with van der Waals surface area (Å²) in [4.78, 5) is 26.8. The largest absolute Gasteiger partial charge is 0.347 e. The normalized spacial score (nSPS) is 21.7. The van der Waals surface area contributed by atoms with E-state index in [0.29, 0.717) is 0 Å². The lowest BCUT2D eigenvalue weighted by Crippen LogP contribution is -2.42. The molecule has 1 atom stereocenters. The van der Waals surface area contributed by atoms with Gasteiger partial charge in [0.25, 0.3) is 0 Å². The van der Waals surface area contributed by atoms with Gasteiger partial charge in [-0.25, -0.2) is 0 Å². The summed E-state index contributed by atoms with van der Waals surface area (Å²) in [5.41, 5.74) is 2.43. The topological polar surface area (TPSA) is 49.4 Å². The Hall–Kier alpha value is -1.84. The minimum absolute atomic E-state index is 0.0437. The van der Waals surface area contributed by atoms with Crippen LogP contribution in [0.15, 0.2) is 24.3 Å². The van der Waals surface area contributed by atoms with Crippen LogP contribution in [-0.4, -0.2) is 29.8 Å². The second-order valence-corrected chi connectivity index (χ2v) is 7.21. The van der Waals surface area contributed by atoms with E-state index in [1.807, 2.05) is 4.90 Å². The van der Waals surface area contributed by atoms with Gasteiger partial charge in [-0.1, -0.05) is 49.1 Å². The fourth-order valence-electron chi connectivity index (χ4n) is 3.97. The first-order valence-electron chi connectivity index (χ1n) is 9.29. The lowest BCUT2D eigenvalue weighted by Gasteiger charge is -2.26. The van der Waals surface area contributed by atoms with Gasteiger partial charge < -0.3 is 10.2 Å². The Kier molecular flexibility index (Phi) is 5.54. The maximum atomic E-state index is 12.6. The van der Waals surface area contributed by atoms with Crippen LogP contribution >= 0.6 is 0 Å². The van der Waals surface area contributed by atoms with Crippen LogP contribution in [0.2, 0.25) is 0 Å². The van der Waals surface area contributed by atoms with Crippen molar-refractivity contribution in [3.8, 4) is 0 Å². The van der Waals surface area contributed by atoms with Gasteiger partial charge in [0.2, 0.25) is 11.8 Å². The van der Waals surface area contributed by atoms with Gasteiger partial charge in [-0.3, -0.25) is 9.59 Å². The number of aryl methyl sites for hydroxylation is 1. The van der Waals surface area contributed by atoms with Crippen LogP contribution in [0.4, 0.5) is 0 Å². The highest BCUT2D eigenvalue weighted by molar-refractivity contribution is 5.86. The summed E-state index contributed by atoms with van der Waals surface area (Å²) < 4.78 is 0. The van der Waals surface area contributed by atoms with E-state index in [2.05, 4.69) is 36.5 Å². The molecular weight excluding hydrogens is 300 g/mol. The highest BCUT2D eigenvalue weighted by atomic mass is 16.2. The molecule has 0 unspecified atom stereocenters. The monoisotopic (exact) mass is 328 g/mol. The predicted octanol–water partition coefficient (Wildman–Crippen LogP) is 3.36. The minimum atomic E-state index is 0.0437. The Labute approximate surface area is 144 Å². The van der Waals surface area contributed by atoms with Crippen LogP contribution in [0.3, 0.4) is 0 Å². The summed E-state index contributed by atoms with van der Waals surface area (Å²) in [6.07, 6.45) is 7.47. The van der Waals surface area contributed by atoms with Crippen molar-refractivity contribution in [1.82, 2.24) is 10.2 Å². The third kappa shape index (κ3) is 3.97. The zero-order chi connectivity index (χ0) is 16.9. The molecule has 0 spiro atoms. The van der Waals surface area contributed by atoms with Crippen LogP contribution in [0.1, 0.15) is 62.1 Å². The van der Waals surface area contributed by atoms with Crippen molar-refractivity contribution in [2.24, 2.45) is 5.92 Å². The maximum Gasteiger partial charge on any atom is 0.242 e. The molecule has 1 heterocycles. The summed E-state index contributed by atoms with van der Waals surface area (Å²) in [6.45, 7) is 3.00. The van der Waals surface area contributed by atoms with Crippen molar-refractivity contribution in [2.75, 3.05) is 13.1 Å². The molecule has 0 radical (unpaired) electrons. The lowest BCUT2D eigenvalue weighted by molar-refractivity contribution is -0.134. The van der Waals surface area contributed by atoms with E-state index in [9.17, 15) is 9.59 Å². The highest BCUT2D eigenvalue weighted by Crippen LogP contribution is 2.32. The van der Waals surface area contributed by atoms with Crippen molar-refractivity contribution in [2.45, 2.75) is 57.9 Å². The molecule has 1 aliphatic carbocycles. The molecule has 3 rings (SSSR count). The molecule has 2 aliphatic rings. The second-order valence-electron chi connectivity index (χ2n) is 7.21. The summed E-state index contributed by atoms with van der Waals surface area (Å²) in [5, 5.41) is 2.88. The minimum Gasteiger partial charge on any atom is -0.347 e. The summed E-state index contributed by atoms with van der Waals surface area (Å²) in [7, 11) is 0. The third-order valence-corrected chi connectivity index (χ3v) is 5.43. The molecule has 0 bridgehead atoms. The molecule has 1 saturated carbocycles. The first-order chi connectivity index (χ1) is 11.6. The SMILES string of the molecule is Cc1ccc([C@H]2CCCN2C(=O)CNC(=O)C2CCCCC2)cc1. The molecule has 2 amide bonds. The summed E-state index contributed by atoms with van der Waals surface area (Å²) in [5.74, 6) is 0.217. The summed E-state index contributed by atoms with van der Waals surface area (Å²) in [6, 6.07) is 8.59. The molecule has 1 aromatic carbocycles. The molecule has 4 nitrogen and oxygen atoms in total. The quantitative estimate of drug-likeness (QED) is 0.921. The first-order valence-corrected chi connectivity index (χ1v) is 9.29. The number of carbonyl (C=O) groups excluding carboxylic acids is 2. The molecule has 4 heteroatoms. The van der Waals surface area contributed by atoms with Gasteiger partial charge in [0.1, 0.15) is 0 Å². The number of benzene rings is 1. The Morgan fingerprint density at radius 3 is 2.46 bits per heavy atom. The maximum absolute atomic E-state index is 12.6. The smallest absolute Gasteiger partial charge is 0.242 e. The summed E-state index contributed by atoms with van der Waals surface area (Å²) >= 11 is 0. The molecule has 1 saturated heterocycles. The zero-order valence-corrected chi connectivity index (χ0v) is 14.6. The highest BCUT2D eigenvalue weighted by Gasteiger charge is 2.30. The number of nitrogens with one attached hydrogen (secondary N) is 1. The number of rotatable bonds is 4. The zero-order valence-electron chi connectivity index (χ0n) is 14.6. The van der Waals surface area contributed by atoms with Crippen molar-refractivity contribution in [1.29, 1.82) is 0 Å². The predicted molar refractivity (Wildman–Crippen MR) is 94.5 cm³/mol. The average Bonchev–Trinajstić information content (AvgIpc) is 3.10. The van der Waals surface area contributed by atoms with Crippen LogP contribution in [0.25, 0.3) is 0 Å². The van der Waals surface area contributed by atoms with Gasteiger partial charge in [0, 0.05) is 12.5 Å². The first kappa shape index (κ1) is 17.0. The molecule has 1 aromatic rings. The Morgan fingerprint density at radius 1 is 1.04 bits per heavy atom. The van der Waals surface area contributed by atoms with Gasteiger partial charge in [-0.05, 0) is 38.2 Å².